The van der Waals surface area contributed by atoms with Gasteiger partial charge in [0.2, 0.25) is 0 Å². The van der Waals surface area contributed by atoms with E-state index in [1.807, 2.05) is 30.3 Å². The Labute approximate surface area is 137 Å². The molecular formula is C16H12Cl2O2S. The molecule has 0 fully saturated rings. The smallest absolute Gasteiger partial charge is 0.328 e. The second kappa shape index (κ2) is 7.55. The molecule has 0 bridgehead atoms. The Hall–Kier alpha value is -1.42. The summed E-state index contributed by atoms with van der Waals surface area (Å²) in [4.78, 5) is 11.5. The van der Waals surface area contributed by atoms with Crippen molar-refractivity contribution in [2.75, 3.05) is 0 Å². The molecule has 0 heterocycles. The van der Waals surface area contributed by atoms with Crippen LogP contribution in [0.2, 0.25) is 10.0 Å². The van der Waals surface area contributed by atoms with E-state index in [0.29, 0.717) is 15.8 Å². The van der Waals surface area contributed by atoms with E-state index in [9.17, 15) is 4.79 Å². The number of aliphatic carboxylic acids is 1. The third kappa shape index (κ3) is 4.81. The molecule has 0 spiro atoms. The number of rotatable bonds is 5. The average molecular weight is 339 g/mol. The molecule has 0 radical (unpaired) electrons. The van der Waals surface area contributed by atoms with Crippen LogP contribution in [0.4, 0.5) is 0 Å². The fourth-order valence-electron chi connectivity index (χ4n) is 1.73. The van der Waals surface area contributed by atoms with Gasteiger partial charge in [0.1, 0.15) is 0 Å². The molecule has 0 aliphatic carbocycles. The minimum absolute atomic E-state index is 0.640. The number of thioether (sulfide) groups is 1. The van der Waals surface area contributed by atoms with Gasteiger partial charge in [-0.25, -0.2) is 4.79 Å². The van der Waals surface area contributed by atoms with Crippen LogP contribution in [0, 0.1) is 0 Å². The lowest BCUT2D eigenvalue weighted by Gasteiger charge is -2.07. The van der Waals surface area contributed by atoms with Crippen molar-refractivity contribution in [3.05, 3.63) is 69.7 Å². The standard InChI is InChI=1S/C16H12Cl2O2S/c17-13-6-7-14(18)15(9-13)21-10-12-4-2-1-3-11(12)5-8-16(19)20/h1-9H,10H2,(H,19,20). The normalized spacial score (nSPS) is 11.0. The average Bonchev–Trinajstić information content (AvgIpc) is 2.47. The van der Waals surface area contributed by atoms with Gasteiger partial charge < -0.3 is 5.11 Å². The van der Waals surface area contributed by atoms with Crippen molar-refractivity contribution in [1.29, 1.82) is 0 Å². The molecular weight excluding hydrogens is 327 g/mol. The number of carbonyl (C=O) groups is 1. The van der Waals surface area contributed by atoms with Gasteiger partial charge in [-0.2, -0.15) is 0 Å². The first-order valence-electron chi connectivity index (χ1n) is 6.13. The minimum Gasteiger partial charge on any atom is -0.478 e. The SMILES string of the molecule is O=C(O)C=Cc1ccccc1CSc1cc(Cl)ccc1Cl. The van der Waals surface area contributed by atoms with Crippen molar-refractivity contribution in [3.8, 4) is 0 Å². The van der Waals surface area contributed by atoms with Crippen LogP contribution >= 0.6 is 35.0 Å². The van der Waals surface area contributed by atoms with E-state index < -0.39 is 5.97 Å². The molecule has 5 heteroatoms. The van der Waals surface area contributed by atoms with Gasteiger partial charge in [-0.3, -0.25) is 0 Å². The molecule has 2 rings (SSSR count). The van der Waals surface area contributed by atoms with Gasteiger partial charge in [-0.05, 0) is 35.4 Å². The summed E-state index contributed by atoms with van der Waals surface area (Å²) in [7, 11) is 0. The summed E-state index contributed by atoms with van der Waals surface area (Å²) in [6.45, 7) is 0. The van der Waals surface area contributed by atoms with Crippen LogP contribution in [-0.2, 0) is 10.5 Å². The minimum atomic E-state index is -0.963. The molecule has 0 aromatic heterocycles. The summed E-state index contributed by atoms with van der Waals surface area (Å²) in [5, 5.41) is 10.0. The van der Waals surface area contributed by atoms with Crippen LogP contribution < -0.4 is 0 Å². The zero-order chi connectivity index (χ0) is 15.2. The number of hydrogen-bond donors (Lipinski definition) is 1. The maximum absolute atomic E-state index is 10.6. The van der Waals surface area contributed by atoms with Gasteiger partial charge in [0, 0.05) is 21.7 Å². The number of benzene rings is 2. The third-order valence-electron chi connectivity index (χ3n) is 2.74. The van der Waals surface area contributed by atoms with Crippen molar-refractivity contribution < 1.29 is 9.90 Å². The molecule has 2 aromatic carbocycles. The Morgan fingerprint density at radius 2 is 1.95 bits per heavy atom. The van der Waals surface area contributed by atoms with Gasteiger partial charge in [0.05, 0.1) is 5.02 Å². The van der Waals surface area contributed by atoms with Crippen LogP contribution in [0.25, 0.3) is 6.08 Å². The number of hydrogen-bond acceptors (Lipinski definition) is 2. The van der Waals surface area contributed by atoms with E-state index in [1.54, 1.807) is 30.0 Å². The van der Waals surface area contributed by atoms with Crippen molar-refractivity contribution in [2.24, 2.45) is 0 Å². The summed E-state index contributed by atoms with van der Waals surface area (Å²) in [6.07, 6.45) is 2.73. The summed E-state index contributed by atoms with van der Waals surface area (Å²) < 4.78 is 0. The van der Waals surface area contributed by atoms with Gasteiger partial charge >= 0.3 is 5.97 Å². The Balaban J connectivity index is 2.16. The predicted molar refractivity (Wildman–Crippen MR) is 89.1 cm³/mol. The second-order valence-corrected chi connectivity index (χ2v) is 6.09. The molecule has 0 unspecified atom stereocenters. The highest BCUT2D eigenvalue weighted by molar-refractivity contribution is 7.98. The predicted octanol–water partition coefficient (Wildman–Crippen LogP) is 5.38. The fourth-order valence-corrected chi connectivity index (χ4v) is 3.24. The Morgan fingerprint density at radius 1 is 1.19 bits per heavy atom. The van der Waals surface area contributed by atoms with Crippen LogP contribution in [-0.4, -0.2) is 11.1 Å². The van der Waals surface area contributed by atoms with Crippen molar-refractivity contribution in [2.45, 2.75) is 10.6 Å². The number of halogens is 2. The lowest BCUT2D eigenvalue weighted by atomic mass is 10.1. The Kier molecular flexibility index (Phi) is 5.74. The highest BCUT2D eigenvalue weighted by Gasteiger charge is 2.05. The van der Waals surface area contributed by atoms with E-state index in [4.69, 9.17) is 28.3 Å². The highest BCUT2D eigenvalue weighted by Crippen LogP contribution is 2.32. The van der Waals surface area contributed by atoms with Crippen molar-refractivity contribution in [3.63, 3.8) is 0 Å². The van der Waals surface area contributed by atoms with Crippen molar-refractivity contribution in [1.82, 2.24) is 0 Å². The van der Waals surface area contributed by atoms with Crippen LogP contribution in [0.5, 0.6) is 0 Å². The molecule has 0 aliphatic heterocycles. The zero-order valence-corrected chi connectivity index (χ0v) is 13.3. The quantitative estimate of drug-likeness (QED) is 0.587. The molecule has 108 valence electrons. The zero-order valence-electron chi connectivity index (χ0n) is 10.9. The van der Waals surface area contributed by atoms with Gasteiger partial charge in [-0.15, -0.1) is 11.8 Å². The summed E-state index contributed by atoms with van der Waals surface area (Å²) in [5.41, 5.74) is 1.92. The van der Waals surface area contributed by atoms with E-state index in [-0.39, 0.29) is 0 Å². The summed E-state index contributed by atoms with van der Waals surface area (Å²) in [5.74, 6) is -0.282. The third-order valence-corrected chi connectivity index (χ3v) is 4.52. The molecule has 2 aromatic rings. The molecule has 0 atom stereocenters. The van der Waals surface area contributed by atoms with E-state index in [0.717, 1.165) is 22.1 Å². The van der Waals surface area contributed by atoms with E-state index >= 15 is 0 Å². The van der Waals surface area contributed by atoms with E-state index in [2.05, 4.69) is 0 Å². The first kappa shape index (κ1) is 16.0. The molecule has 0 saturated heterocycles. The highest BCUT2D eigenvalue weighted by atomic mass is 35.5. The maximum atomic E-state index is 10.6. The molecule has 21 heavy (non-hydrogen) atoms. The largest absolute Gasteiger partial charge is 0.478 e. The topological polar surface area (TPSA) is 37.3 Å². The van der Waals surface area contributed by atoms with Gasteiger partial charge in [-0.1, -0.05) is 47.5 Å². The first-order valence-corrected chi connectivity index (χ1v) is 7.87. The first-order chi connectivity index (χ1) is 10.1. The van der Waals surface area contributed by atoms with Crippen LogP contribution in [0.15, 0.2) is 53.4 Å². The molecule has 0 aliphatic rings. The Morgan fingerprint density at radius 3 is 2.71 bits per heavy atom. The monoisotopic (exact) mass is 338 g/mol. The van der Waals surface area contributed by atoms with Gasteiger partial charge in [0.25, 0.3) is 0 Å². The van der Waals surface area contributed by atoms with Crippen LogP contribution in [0.3, 0.4) is 0 Å². The van der Waals surface area contributed by atoms with Gasteiger partial charge in [0.15, 0.2) is 0 Å². The summed E-state index contributed by atoms with van der Waals surface area (Å²) in [6, 6.07) is 13.0. The molecule has 0 saturated carbocycles. The number of carboxylic acid groups (broad SMARTS) is 1. The lowest BCUT2D eigenvalue weighted by molar-refractivity contribution is -0.131. The Bertz CT molecular complexity index is 684. The maximum Gasteiger partial charge on any atom is 0.328 e. The number of carboxylic acids is 1. The van der Waals surface area contributed by atoms with Crippen LogP contribution in [0.1, 0.15) is 11.1 Å². The second-order valence-electron chi connectivity index (χ2n) is 4.23. The molecule has 1 N–H and O–H groups in total. The summed E-state index contributed by atoms with van der Waals surface area (Å²) >= 11 is 13.7. The molecule has 2 nitrogen and oxygen atoms in total. The fraction of sp³-hybridized carbons (Fsp3) is 0.0625. The molecule has 0 amide bonds. The lowest BCUT2D eigenvalue weighted by Crippen LogP contribution is -1.89. The van der Waals surface area contributed by atoms with Crippen molar-refractivity contribution >= 4 is 47.0 Å². The van der Waals surface area contributed by atoms with E-state index in [1.165, 1.54) is 0 Å².